The van der Waals surface area contributed by atoms with Gasteiger partial charge >= 0.3 is 0 Å². The van der Waals surface area contributed by atoms with Crippen LogP contribution < -0.4 is 5.73 Å². The van der Waals surface area contributed by atoms with E-state index in [1.54, 1.807) is 0 Å². The summed E-state index contributed by atoms with van der Waals surface area (Å²) in [6, 6.07) is 5.84. The number of nitrogen functional groups attached to an aromatic ring is 1. The Hall–Kier alpha value is -1.31. The fourth-order valence-electron chi connectivity index (χ4n) is 3.08. The number of hydrogen-bond donors (Lipinski definition) is 1. The predicted octanol–water partition coefficient (Wildman–Crippen LogP) is 3.62. The van der Waals surface area contributed by atoms with Gasteiger partial charge in [-0.15, -0.1) is 0 Å². The number of nitrogens with two attached hydrogens (primary N) is 1. The lowest BCUT2D eigenvalue weighted by molar-refractivity contribution is 0.112. The van der Waals surface area contributed by atoms with Gasteiger partial charge in [-0.05, 0) is 35.8 Å². The molecule has 1 aromatic carbocycles. The second kappa shape index (κ2) is 4.91. The fourth-order valence-corrected chi connectivity index (χ4v) is 3.08. The fraction of sp³-hybridized carbons (Fsp3) is 0.533. The first-order valence-electron chi connectivity index (χ1n) is 6.48. The zero-order chi connectivity index (χ0) is 12.4. The largest absolute Gasteiger partial charge is 0.398 e. The van der Waals surface area contributed by atoms with Crippen molar-refractivity contribution in [1.82, 2.24) is 0 Å². The molecule has 0 heterocycles. The van der Waals surface area contributed by atoms with E-state index in [1.807, 2.05) is 12.1 Å². The van der Waals surface area contributed by atoms with Crippen molar-refractivity contribution in [3.8, 4) is 0 Å². The molecule has 2 heteroatoms. The van der Waals surface area contributed by atoms with Gasteiger partial charge in [-0.25, -0.2) is 0 Å². The summed E-state index contributed by atoms with van der Waals surface area (Å²) in [4.78, 5) is 11.2. The first-order chi connectivity index (χ1) is 8.15. The second-order valence-corrected chi connectivity index (χ2v) is 5.34. The number of rotatable bonds is 2. The van der Waals surface area contributed by atoms with Crippen LogP contribution in [0.3, 0.4) is 0 Å². The van der Waals surface area contributed by atoms with Gasteiger partial charge in [0.25, 0.3) is 0 Å². The van der Waals surface area contributed by atoms with Crippen LogP contribution in [-0.2, 0) is 0 Å². The van der Waals surface area contributed by atoms with Crippen LogP contribution in [0.25, 0.3) is 0 Å². The molecule has 1 aliphatic carbocycles. The van der Waals surface area contributed by atoms with Crippen molar-refractivity contribution in [2.75, 3.05) is 5.73 Å². The molecule has 2 nitrogen and oxygen atoms in total. The summed E-state index contributed by atoms with van der Waals surface area (Å²) in [6.07, 6.45) is 4.64. The Kier molecular flexibility index (Phi) is 3.51. The van der Waals surface area contributed by atoms with Gasteiger partial charge < -0.3 is 5.73 Å². The van der Waals surface area contributed by atoms with Crippen molar-refractivity contribution in [2.45, 2.75) is 39.0 Å². The van der Waals surface area contributed by atoms with E-state index in [2.05, 4.69) is 19.9 Å². The van der Waals surface area contributed by atoms with Crippen molar-refractivity contribution in [1.29, 1.82) is 0 Å². The summed E-state index contributed by atoms with van der Waals surface area (Å²) in [5.74, 6) is 1.85. The van der Waals surface area contributed by atoms with E-state index in [9.17, 15) is 4.79 Å². The van der Waals surface area contributed by atoms with E-state index in [1.165, 1.54) is 19.3 Å². The Balaban J connectivity index is 2.39. The minimum absolute atomic E-state index is 0.488. The molecular formula is C15H21NO. The van der Waals surface area contributed by atoms with E-state index in [4.69, 9.17) is 5.73 Å². The van der Waals surface area contributed by atoms with E-state index < -0.39 is 0 Å². The molecule has 1 aromatic rings. The summed E-state index contributed by atoms with van der Waals surface area (Å²) in [6.45, 7) is 4.61. The SMILES string of the molecule is CC1CCCC(c2cccc(N)c2C=O)C1C. The molecular weight excluding hydrogens is 210 g/mol. The maximum Gasteiger partial charge on any atom is 0.152 e. The monoisotopic (exact) mass is 231 g/mol. The van der Waals surface area contributed by atoms with Crippen LogP contribution in [0.4, 0.5) is 5.69 Å². The zero-order valence-electron chi connectivity index (χ0n) is 10.6. The number of anilines is 1. The Bertz CT molecular complexity index is 413. The predicted molar refractivity (Wildman–Crippen MR) is 71.2 cm³/mol. The highest BCUT2D eigenvalue weighted by Crippen LogP contribution is 2.42. The van der Waals surface area contributed by atoms with E-state index in [0.29, 0.717) is 23.1 Å². The summed E-state index contributed by atoms with van der Waals surface area (Å²) in [7, 11) is 0. The van der Waals surface area contributed by atoms with Crippen LogP contribution in [0, 0.1) is 11.8 Å². The minimum atomic E-state index is 0.488. The molecule has 17 heavy (non-hydrogen) atoms. The van der Waals surface area contributed by atoms with Gasteiger partial charge in [0.2, 0.25) is 0 Å². The highest BCUT2D eigenvalue weighted by molar-refractivity contribution is 5.85. The molecule has 2 N–H and O–H groups in total. The third kappa shape index (κ3) is 2.21. The van der Waals surface area contributed by atoms with Crippen molar-refractivity contribution in [2.24, 2.45) is 11.8 Å². The molecule has 0 aromatic heterocycles. The van der Waals surface area contributed by atoms with Crippen LogP contribution in [0.2, 0.25) is 0 Å². The average Bonchev–Trinajstić information content (AvgIpc) is 2.32. The smallest absolute Gasteiger partial charge is 0.152 e. The van der Waals surface area contributed by atoms with Gasteiger partial charge in [0.1, 0.15) is 0 Å². The number of benzene rings is 1. The first-order valence-corrected chi connectivity index (χ1v) is 6.48. The Labute approximate surface area is 103 Å². The van der Waals surface area contributed by atoms with Crippen molar-refractivity contribution in [3.05, 3.63) is 29.3 Å². The third-order valence-corrected chi connectivity index (χ3v) is 4.40. The third-order valence-electron chi connectivity index (χ3n) is 4.40. The van der Waals surface area contributed by atoms with Crippen molar-refractivity contribution < 1.29 is 4.79 Å². The molecule has 0 aliphatic heterocycles. The first kappa shape index (κ1) is 12.2. The standard InChI is InChI=1S/C15H21NO/c1-10-5-3-6-12(11(10)2)13-7-4-8-15(16)14(13)9-17/h4,7-12H,3,5-6,16H2,1-2H3. The Morgan fingerprint density at radius 1 is 1.29 bits per heavy atom. The molecule has 1 saturated carbocycles. The van der Waals surface area contributed by atoms with E-state index in [-0.39, 0.29) is 0 Å². The van der Waals surface area contributed by atoms with Gasteiger partial charge in [0.05, 0.1) is 0 Å². The maximum atomic E-state index is 11.2. The maximum absolute atomic E-state index is 11.2. The summed E-state index contributed by atoms with van der Waals surface area (Å²) in [5.41, 5.74) is 8.36. The van der Waals surface area contributed by atoms with Crippen LogP contribution >= 0.6 is 0 Å². The lowest BCUT2D eigenvalue weighted by atomic mass is 9.70. The molecule has 0 bridgehead atoms. The van der Waals surface area contributed by atoms with Crippen molar-refractivity contribution >= 4 is 12.0 Å². The zero-order valence-corrected chi connectivity index (χ0v) is 10.6. The minimum Gasteiger partial charge on any atom is -0.398 e. The van der Waals surface area contributed by atoms with Gasteiger partial charge in [-0.1, -0.05) is 38.8 Å². The van der Waals surface area contributed by atoms with Gasteiger partial charge in [-0.3, -0.25) is 4.79 Å². The summed E-state index contributed by atoms with van der Waals surface area (Å²) in [5, 5.41) is 0. The normalized spacial score (nSPS) is 28.9. The average molecular weight is 231 g/mol. The molecule has 0 radical (unpaired) electrons. The highest BCUT2D eigenvalue weighted by Gasteiger charge is 2.29. The molecule has 3 atom stereocenters. The molecule has 0 spiro atoms. The van der Waals surface area contributed by atoms with Crippen LogP contribution in [0.5, 0.6) is 0 Å². The van der Waals surface area contributed by atoms with Crippen LogP contribution in [-0.4, -0.2) is 6.29 Å². The van der Waals surface area contributed by atoms with Crippen LogP contribution in [0.1, 0.15) is 54.9 Å². The highest BCUT2D eigenvalue weighted by atomic mass is 16.1. The summed E-state index contributed by atoms with van der Waals surface area (Å²) >= 11 is 0. The molecule has 1 aliphatic rings. The number of carbonyl (C=O) groups is 1. The quantitative estimate of drug-likeness (QED) is 0.624. The lowest BCUT2D eigenvalue weighted by Crippen LogP contribution is -2.23. The topological polar surface area (TPSA) is 43.1 Å². The Morgan fingerprint density at radius 2 is 2.06 bits per heavy atom. The number of aldehydes is 1. The molecule has 3 unspecified atom stereocenters. The van der Waals surface area contributed by atoms with Gasteiger partial charge in [0, 0.05) is 11.3 Å². The number of hydrogen-bond acceptors (Lipinski definition) is 2. The van der Waals surface area contributed by atoms with Crippen LogP contribution in [0.15, 0.2) is 18.2 Å². The second-order valence-electron chi connectivity index (χ2n) is 5.34. The van der Waals surface area contributed by atoms with Crippen molar-refractivity contribution in [3.63, 3.8) is 0 Å². The van der Waals surface area contributed by atoms with Gasteiger partial charge in [0.15, 0.2) is 6.29 Å². The van der Waals surface area contributed by atoms with Gasteiger partial charge in [-0.2, -0.15) is 0 Å². The molecule has 0 saturated heterocycles. The van der Waals surface area contributed by atoms with E-state index >= 15 is 0 Å². The van der Waals surface area contributed by atoms with E-state index in [0.717, 1.165) is 17.8 Å². The molecule has 0 amide bonds. The molecule has 2 rings (SSSR count). The number of carbonyl (C=O) groups excluding carboxylic acids is 1. The molecule has 1 fully saturated rings. The molecule has 92 valence electrons. The lowest BCUT2D eigenvalue weighted by Gasteiger charge is -2.35. The Morgan fingerprint density at radius 3 is 2.76 bits per heavy atom. The summed E-state index contributed by atoms with van der Waals surface area (Å²) < 4.78 is 0.